The summed E-state index contributed by atoms with van der Waals surface area (Å²) in [4.78, 5) is 0. The molecule has 0 radical (unpaired) electrons. The van der Waals surface area contributed by atoms with Crippen LogP contribution in [0.5, 0.6) is 0 Å². The first-order valence-corrected chi connectivity index (χ1v) is 6.59. The summed E-state index contributed by atoms with van der Waals surface area (Å²) < 4.78 is 0. The Kier molecular flexibility index (Phi) is 5.64. The highest BCUT2D eigenvalue weighted by Crippen LogP contribution is 2.13. The monoisotopic (exact) mass is 240 g/mol. The van der Waals surface area contributed by atoms with Crippen molar-refractivity contribution in [1.29, 1.82) is 0 Å². The molecule has 0 atom stereocenters. The predicted octanol–water partition coefficient (Wildman–Crippen LogP) is 5.42. The van der Waals surface area contributed by atoms with Crippen molar-refractivity contribution < 1.29 is 0 Å². The van der Waals surface area contributed by atoms with E-state index in [0.29, 0.717) is 5.92 Å². The van der Waals surface area contributed by atoms with Gasteiger partial charge in [-0.3, -0.25) is 0 Å². The highest BCUT2D eigenvalue weighted by atomic mass is 14.0. The fraction of sp³-hybridized carbons (Fsp3) is 0.333. The first-order chi connectivity index (χ1) is 8.49. The molecule has 0 aliphatic rings. The van der Waals surface area contributed by atoms with Gasteiger partial charge in [-0.2, -0.15) is 0 Å². The number of aryl methyl sites for hydroxylation is 3. The van der Waals surface area contributed by atoms with E-state index >= 15 is 0 Å². The van der Waals surface area contributed by atoms with Crippen molar-refractivity contribution in [2.75, 3.05) is 0 Å². The quantitative estimate of drug-likeness (QED) is 0.624. The molecule has 2 aromatic rings. The van der Waals surface area contributed by atoms with E-state index in [2.05, 4.69) is 83.1 Å². The molecule has 18 heavy (non-hydrogen) atoms. The Morgan fingerprint density at radius 2 is 0.833 bits per heavy atom. The average Bonchev–Trinajstić information content (AvgIpc) is 2.34. The number of hydrogen-bond acceptors (Lipinski definition) is 0. The third-order valence-corrected chi connectivity index (χ3v) is 2.96. The van der Waals surface area contributed by atoms with Gasteiger partial charge in [0.2, 0.25) is 0 Å². The fourth-order valence-corrected chi connectivity index (χ4v) is 1.59. The lowest BCUT2D eigenvalue weighted by atomic mass is 10.0. The lowest BCUT2D eigenvalue weighted by molar-refractivity contribution is 0.866. The number of hydrogen-bond donors (Lipinski definition) is 0. The lowest BCUT2D eigenvalue weighted by Crippen LogP contribution is -1.85. The molecule has 0 aromatic heterocycles. The Hall–Kier alpha value is -1.56. The summed E-state index contributed by atoms with van der Waals surface area (Å²) in [5.41, 5.74) is 5.42. The van der Waals surface area contributed by atoms with Crippen LogP contribution in [0.3, 0.4) is 0 Å². The van der Waals surface area contributed by atoms with E-state index in [1.54, 1.807) is 0 Å². The normalized spacial score (nSPS) is 9.89. The van der Waals surface area contributed by atoms with Gasteiger partial charge >= 0.3 is 0 Å². The van der Waals surface area contributed by atoms with Gasteiger partial charge in [0, 0.05) is 0 Å². The molecule has 2 rings (SSSR count). The van der Waals surface area contributed by atoms with Crippen molar-refractivity contribution in [3.63, 3.8) is 0 Å². The van der Waals surface area contributed by atoms with Crippen LogP contribution in [-0.4, -0.2) is 0 Å². The Morgan fingerprint density at radius 3 is 1.11 bits per heavy atom. The zero-order valence-corrected chi connectivity index (χ0v) is 12.2. The predicted molar refractivity (Wildman–Crippen MR) is 81.2 cm³/mol. The number of benzene rings is 2. The molecule has 0 N–H and O–H groups in total. The minimum absolute atomic E-state index is 0.653. The molecule has 2 aromatic carbocycles. The van der Waals surface area contributed by atoms with E-state index in [0.717, 1.165) is 0 Å². The maximum atomic E-state index is 2.21. The molecule has 0 aliphatic carbocycles. The molecule has 0 heterocycles. The second-order valence-corrected chi connectivity index (χ2v) is 5.22. The van der Waals surface area contributed by atoms with Gasteiger partial charge < -0.3 is 0 Å². The highest BCUT2D eigenvalue weighted by molar-refractivity contribution is 5.23. The standard InChI is InChI=1S/C10H14.C8H10/c1-8(2)10-6-4-9(3)5-7-10;1-7-3-5-8(2)6-4-7/h4-8H,1-3H3;3-6H,1-2H3. The molecule has 0 bridgehead atoms. The molecular formula is C18H24. The van der Waals surface area contributed by atoms with Crippen LogP contribution < -0.4 is 0 Å². The summed E-state index contributed by atoms with van der Waals surface area (Å²) >= 11 is 0. The molecule has 0 heteroatoms. The van der Waals surface area contributed by atoms with Crippen LogP contribution in [0.2, 0.25) is 0 Å². The van der Waals surface area contributed by atoms with E-state index in [1.807, 2.05) is 0 Å². The first kappa shape index (κ1) is 14.5. The number of rotatable bonds is 1. The van der Waals surface area contributed by atoms with Gasteiger partial charge in [0.25, 0.3) is 0 Å². The molecule has 0 spiro atoms. The minimum Gasteiger partial charge on any atom is -0.0591 e. The summed E-state index contributed by atoms with van der Waals surface area (Å²) in [6, 6.07) is 17.2. The van der Waals surface area contributed by atoms with Crippen LogP contribution in [0.1, 0.15) is 42.0 Å². The van der Waals surface area contributed by atoms with Gasteiger partial charge in [-0.05, 0) is 32.3 Å². The third kappa shape index (κ3) is 5.18. The van der Waals surface area contributed by atoms with Gasteiger partial charge in [0.1, 0.15) is 0 Å². The highest BCUT2D eigenvalue weighted by Gasteiger charge is 1.95. The van der Waals surface area contributed by atoms with Crippen LogP contribution >= 0.6 is 0 Å². The van der Waals surface area contributed by atoms with Crippen LogP contribution in [0.25, 0.3) is 0 Å². The Labute approximate surface area is 112 Å². The molecule has 0 saturated carbocycles. The van der Waals surface area contributed by atoms with Crippen LogP contribution in [0.4, 0.5) is 0 Å². The summed E-state index contributed by atoms with van der Waals surface area (Å²) in [6.45, 7) is 10.7. The first-order valence-electron chi connectivity index (χ1n) is 6.59. The van der Waals surface area contributed by atoms with Gasteiger partial charge in [-0.25, -0.2) is 0 Å². The van der Waals surface area contributed by atoms with Crippen LogP contribution in [-0.2, 0) is 0 Å². The summed E-state index contributed by atoms with van der Waals surface area (Å²) in [5.74, 6) is 0.653. The van der Waals surface area contributed by atoms with Crippen molar-refractivity contribution in [3.05, 3.63) is 70.8 Å². The van der Waals surface area contributed by atoms with Crippen molar-refractivity contribution >= 4 is 0 Å². The van der Waals surface area contributed by atoms with Crippen molar-refractivity contribution in [1.82, 2.24) is 0 Å². The molecule has 0 amide bonds. The van der Waals surface area contributed by atoms with Gasteiger partial charge in [-0.15, -0.1) is 0 Å². The Balaban J connectivity index is 0.000000184. The Morgan fingerprint density at radius 1 is 0.556 bits per heavy atom. The van der Waals surface area contributed by atoms with Crippen LogP contribution in [0.15, 0.2) is 48.5 Å². The Bertz CT molecular complexity index is 425. The fourth-order valence-electron chi connectivity index (χ4n) is 1.59. The molecular weight excluding hydrogens is 216 g/mol. The van der Waals surface area contributed by atoms with Gasteiger partial charge in [-0.1, -0.05) is 79.1 Å². The topological polar surface area (TPSA) is 0 Å². The van der Waals surface area contributed by atoms with E-state index in [1.165, 1.54) is 22.3 Å². The molecule has 96 valence electrons. The van der Waals surface area contributed by atoms with Crippen molar-refractivity contribution in [2.24, 2.45) is 0 Å². The van der Waals surface area contributed by atoms with Crippen molar-refractivity contribution in [3.8, 4) is 0 Å². The largest absolute Gasteiger partial charge is 0.0591 e. The molecule has 0 unspecified atom stereocenters. The lowest BCUT2D eigenvalue weighted by Gasteiger charge is -2.03. The summed E-state index contributed by atoms with van der Waals surface area (Å²) in [6.07, 6.45) is 0. The van der Waals surface area contributed by atoms with Crippen molar-refractivity contribution in [2.45, 2.75) is 40.5 Å². The van der Waals surface area contributed by atoms with Crippen LogP contribution in [0, 0.1) is 20.8 Å². The molecule has 0 fully saturated rings. The van der Waals surface area contributed by atoms with Gasteiger partial charge in [0.15, 0.2) is 0 Å². The minimum atomic E-state index is 0.653. The SMILES string of the molecule is Cc1ccc(C(C)C)cc1.Cc1ccc(C)cc1. The zero-order valence-electron chi connectivity index (χ0n) is 12.2. The molecule has 0 aliphatic heterocycles. The maximum absolute atomic E-state index is 2.21. The summed E-state index contributed by atoms with van der Waals surface area (Å²) in [5, 5.41) is 0. The van der Waals surface area contributed by atoms with E-state index < -0.39 is 0 Å². The molecule has 0 nitrogen and oxygen atoms in total. The zero-order chi connectivity index (χ0) is 13.5. The van der Waals surface area contributed by atoms with E-state index in [9.17, 15) is 0 Å². The smallest absolute Gasteiger partial charge is 0.0219 e. The van der Waals surface area contributed by atoms with Gasteiger partial charge in [0.05, 0.1) is 0 Å². The second kappa shape index (κ2) is 7.00. The second-order valence-electron chi connectivity index (χ2n) is 5.22. The third-order valence-electron chi connectivity index (χ3n) is 2.96. The molecule has 0 saturated heterocycles. The van der Waals surface area contributed by atoms with E-state index in [4.69, 9.17) is 0 Å². The maximum Gasteiger partial charge on any atom is -0.0219 e. The summed E-state index contributed by atoms with van der Waals surface area (Å²) in [7, 11) is 0. The average molecular weight is 240 g/mol. The van der Waals surface area contributed by atoms with E-state index in [-0.39, 0.29) is 0 Å².